The van der Waals surface area contributed by atoms with E-state index in [0.29, 0.717) is 16.9 Å². The number of nitrogens with zero attached hydrogens (tertiary/aromatic N) is 4. The minimum absolute atomic E-state index is 0.143. The van der Waals surface area contributed by atoms with Gasteiger partial charge in [0.25, 0.3) is 0 Å². The highest BCUT2D eigenvalue weighted by atomic mass is 35.5. The average molecular weight is 303 g/mol. The van der Waals surface area contributed by atoms with Crippen LogP contribution in [0.25, 0.3) is 17.0 Å². The zero-order valence-corrected chi connectivity index (χ0v) is 10.5. The van der Waals surface area contributed by atoms with Gasteiger partial charge in [-0.05, 0) is 12.1 Å². The number of hydrogen-bond donors (Lipinski definition) is 0. The van der Waals surface area contributed by atoms with Crippen LogP contribution in [0.2, 0.25) is 0 Å². The highest BCUT2D eigenvalue weighted by Gasteiger charge is 2.38. The Kier molecular flexibility index (Phi) is 2.89. The van der Waals surface area contributed by atoms with Crippen molar-refractivity contribution in [2.75, 3.05) is 0 Å². The monoisotopic (exact) mass is 302 g/mol. The van der Waals surface area contributed by atoms with Crippen LogP contribution >= 0.6 is 11.6 Å². The van der Waals surface area contributed by atoms with E-state index in [0.717, 1.165) is 0 Å². The molecule has 3 aromatic heterocycles. The second kappa shape index (κ2) is 4.48. The maximum atomic E-state index is 12.4. The summed E-state index contributed by atoms with van der Waals surface area (Å²) in [6.45, 7) is 0. The number of pyridine rings is 1. The zero-order valence-electron chi connectivity index (χ0n) is 9.73. The minimum atomic E-state index is -4.66. The molecule has 20 heavy (non-hydrogen) atoms. The summed E-state index contributed by atoms with van der Waals surface area (Å²) < 4.78 is 43.1. The first-order chi connectivity index (χ1) is 9.47. The lowest BCUT2D eigenvalue weighted by Gasteiger charge is -1.97. The molecule has 0 fully saturated rings. The van der Waals surface area contributed by atoms with Crippen molar-refractivity contribution in [2.24, 2.45) is 0 Å². The number of alkyl halides is 4. The summed E-state index contributed by atoms with van der Waals surface area (Å²) in [6, 6.07) is 3.12. The first kappa shape index (κ1) is 12.9. The summed E-state index contributed by atoms with van der Waals surface area (Å²) in [6.07, 6.45) is -1.30. The van der Waals surface area contributed by atoms with Crippen LogP contribution in [0.3, 0.4) is 0 Å². The summed E-state index contributed by atoms with van der Waals surface area (Å²) in [7, 11) is 0. The van der Waals surface area contributed by atoms with Gasteiger partial charge in [-0.3, -0.25) is 0 Å². The van der Waals surface area contributed by atoms with E-state index in [2.05, 4.69) is 19.6 Å². The molecule has 0 saturated carbocycles. The van der Waals surface area contributed by atoms with Gasteiger partial charge in [0.2, 0.25) is 5.82 Å². The first-order valence-corrected chi connectivity index (χ1v) is 5.96. The van der Waals surface area contributed by atoms with Crippen molar-refractivity contribution < 1.29 is 17.7 Å². The molecule has 3 rings (SSSR count). The van der Waals surface area contributed by atoms with E-state index in [9.17, 15) is 13.2 Å². The summed E-state index contributed by atoms with van der Waals surface area (Å²) in [5.41, 5.74) is 1.58. The maximum Gasteiger partial charge on any atom is 0.471 e. The van der Waals surface area contributed by atoms with Gasteiger partial charge in [0.15, 0.2) is 0 Å². The fraction of sp³-hybridized carbons (Fsp3) is 0.182. The Hall–Kier alpha value is -2.09. The summed E-state index contributed by atoms with van der Waals surface area (Å²) in [4.78, 5) is 7.52. The smallest absolute Gasteiger partial charge is 0.329 e. The molecule has 0 spiro atoms. The van der Waals surface area contributed by atoms with Crippen LogP contribution in [0, 0.1) is 0 Å². The van der Waals surface area contributed by atoms with Gasteiger partial charge in [-0.25, -0.2) is 4.98 Å². The van der Waals surface area contributed by atoms with Crippen molar-refractivity contribution in [3.8, 4) is 11.4 Å². The minimum Gasteiger partial charge on any atom is -0.329 e. The van der Waals surface area contributed by atoms with E-state index in [1.807, 2.05) is 0 Å². The molecule has 3 heterocycles. The van der Waals surface area contributed by atoms with Crippen molar-refractivity contribution in [1.82, 2.24) is 19.5 Å². The molecular weight excluding hydrogens is 297 g/mol. The molecule has 0 saturated heterocycles. The predicted molar refractivity (Wildman–Crippen MR) is 63.0 cm³/mol. The van der Waals surface area contributed by atoms with Gasteiger partial charge in [0, 0.05) is 18.0 Å². The molecule has 0 unspecified atom stereocenters. The zero-order chi connectivity index (χ0) is 14.3. The third-order valence-corrected chi connectivity index (χ3v) is 2.85. The van der Waals surface area contributed by atoms with Crippen molar-refractivity contribution >= 4 is 17.2 Å². The molecule has 104 valence electrons. The molecule has 0 aliphatic rings. The summed E-state index contributed by atoms with van der Waals surface area (Å²) >= 11 is 5.67. The Morgan fingerprint density at radius 1 is 1.30 bits per heavy atom. The quantitative estimate of drug-likeness (QED) is 0.682. The van der Waals surface area contributed by atoms with Crippen molar-refractivity contribution in [2.45, 2.75) is 12.1 Å². The van der Waals surface area contributed by atoms with Crippen molar-refractivity contribution in [1.29, 1.82) is 0 Å². The van der Waals surface area contributed by atoms with E-state index < -0.39 is 12.1 Å². The van der Waals surface area contributed by atoms with Crippen molar-refractivity contribution in [3.05, 3.63) is 36.1 Å². The molecule has 0 aliphatic heterocycles. The Morgan fingerprint density at radius 2 is 2.10 bits per heavy atom. The first-order valence-electron chi connectivity index (χ1n) is 5.42. The number of aromatic nitrogens is 4. The Bertz CT molecular complexity index is 764. The third-order valence-electron chi connectivity index (χ3n) is 2.57. The van der Waals surface area contributed by atoms with Crippen LogP contribution in [-0.2, 0) is 12.1 Å². The molecule has 3 aromatic rings. The van der Waals surface area contributed by atoms with Crippen LogP contribution in [0.15, 0.2) is 29.0 Å². The molecule has 0 bridgehead atoms. The van der Waals surface area contributed by atoms with E-state index in [1.54, 1.807) is 28.9 Å². The molecule has 0 N–H and O–H groups in total. The van der Waals surface area contributed by atoms with E-state index in [1.165, 1.54) is 0 Å². The van der Waals surface area contributed by atoms with E-state index in [-0.39, 0.29) is 11.7 Å². The molecule has 0 atom stereocenters. The second-order valence-electron chi connectivity index (χ2n) is 3.97. The van der Waals surface area contributed by atoms with Crippen LogP contribution in [0.1, 0.15) is 11.6 Å². The molecule has 0 radical (unpaired) electrons. The molecule has 5 nitrogen and oxygen atoms in total. The molecular formula is C11H6ClF3N4O. The van der Waals surface area contributed by atoms with E-state index >= 15 is 0 Å². The lowest BCUT2D eigenvalue weighted by molar-refractivity contribution is -0.159. The lowest BCUT2D eigenvalue weighted by Crippen LogP contribution is -2.04. The van der Waals surface area contributed by atoms with Gasteiger partial charge in [0.1, 0.15) is 5.65 Å². The van der Waals surface area contributed by atoms with Crippen molar-refractivity contribution in [3.63, 3.8) is 0 Å². The van der Waals surface area contributed by atoms with Crippen LogP contribution in [0.4, 0.5) is 13.2 Å². The normalized spacial score (nSPS) is 12.2. The second-order valence-corrected chi connectivity index (χ2v) is 4.23. The van der Waals surface area contributed by atoms with Gasteiger partial charge in [-0.2, -0.15) is 18.2 Å². The lowest BCUT2D eigenvalue weighted by atomic mass is 10.2. The molecule has 9 heteroatoms. The number of fused-ring (bicyclic) bond motifs is 1. The molecule has 0 aliphatic carbocycles. The fourth-order valence-electron chi connectivity index (χ4n) is 1.69. The average Bonchev–Trinajstić information content (AvgIpc) is 3.03. The van der Waals surface area contributed by atoms with Gasteiger partial charge in [-0.15, -0.1) is 11.6 Å². The highest BCUT2D eigenvalue weighted by Crippen LogP contribution is 2.29. The maximum absolute atomic E-state index is 12.4. The van der Waals surface area contributed by atoms with Gasteiger partial charge >= 0.3 is 12.1 Å². The molecule has 0 aromatic carbocycles. The van der Waals surface area contributed by atoms with Gasteiger partial charge < -0.3 is 8.92 Å². The Morgan fingerprint density at radius 3 is 2.75 bits per heavy atom. The topological polar surface area (TPSA) is 56.2 Å². The number of halogens is 4. The standard InChI is InChI=1S/C11H6ClF3N4O/c12-4-7-5-19-2-1-6(3-8(19)16-7)9-17-10(20-18-9)11(13,14)15/h1-3,5H,4H2. The van der Waals surface area contributed by atoms with Crippen LogP contribution in [-0.4, -0.2) is 19.5 Å². The Labute approximate surface area is 115 Å². The third kappa shape index (κ3) is 2.22. The van der Waals surface area contributed by atoms with Gasteiger partial charge in [0.05, 0.1) is 11.6 Å². The number of rotatable bonds is 2. The van der Waals surface area contributed by atoms with Crippen LogP contribution < -0.4 is 0 Å². The highest BCUT2D eigenvalue weighted by molar-refractivity contribution is 6.16. The van der Waals surface area contributed by atoms with E-state index in [4.69, 9.17) is 11.6 Å². The number of imidazole rings is 1. The summed E-state index contributed by atoms with van der Waals surface area (Å²) in [5, 5.41) is 3.32. The van der Waals surface area contributed by atoms with Crippen LogP contribution in [0.5, 0.6) is 0 Å². The largest absolute Gasteiger partial charge is 0.471 e. The fourth-order valence-corrected chi connectivity index (χ4v) is 1.82. The SMILES string of the molecule is FC(F)(F)c1nc(-c2ccn3cc(CCl)nc3c2)no1. The van der Waals surface area contributed by atoms with Gasteiger partial charge in [-0.1, -0.05) is 5.16 Å². The molecule has 0 amide bonds. The predicted octanol–water partition coefficient (Wildman–Crippen LogP) is 3.14. The number of hydrogen-bond acceptors (Lipinski definition) is 4. The summed E-state index contributed by atoms with van der Waals surface area (Å²) in [5.74, 6) is -1.27. The Balaban J connectivity index is 2.03.